The molecule has 2 heterocycles. The van der Waals surface area contributed by atoms with E-state index in [0.717, 1.165) is 18.2 Å². The summed E-state index contributed by atoms with van der Waals surface area (Å²) in [6.45, 7) is 3.13. The molecule has 0 saturated heterocycles. The number of benzene rings is 1. The normalized spacial score (nSPS) is 12.3. The van der Waals surface area contributed by atoms with E-state index in [9.17, 15) is 22.8 Å². The van der Waals surface area contributed by atoms with E-state index in [1.807, 2.05) is 0 Å². The van der Waals surface area contributed by atoms with Gasteiger partial charge in [0, 0.05) is 12.1 Å². The number of alkyl halides is 1. The Kier molecular flexibility index (Phi) is 4.62. The Morgan fingerprint density at radius 3 is 2.62 bits per heavy atom. The zero-order valence-corrected chi connectivity index (χ0v) is 13.4. The van der Waals surface area contributed by atoms with Crippen molar-refractivity contribution in [1.29, 1.82) is 0 Å². The van der Waals surface area contributed by atoms with Gasteiger partial charge in [0.25, 0.3) is 5.56 Å². The fraction of sp³-hybridized carbons (Fsp3) is 0.0526. The number of nitrogens with one attached hydrogen (secondary N) is 1. The number of H-pyrrole nitrogens is 1. The summed E-state index contributed by atoms with van der Waals surface area (Å²) in [5.41, 5.74) is -0.619. The summed E-state index contributed by atoms with van der Waals surface area (Å²) in [6, 6.07) is 5.05. The van der Waals surface area contributed by atoms with Crippen LogP contribution in [0.15, 0.2) is 47.3 Å². The van der Waals surface area contributed by atoms with Crippen LogP contribution in [0.1, 0.15) is 15.9 Å². The van der Waals surface area contributed by atoms with Gasteiger partial charge in [-0.05, 0) is 24.3 Å². The second kappa shape index (κ2) is 6.87. The predicted octanol–water partition coefficient (Wildman–Crippen LogP) is 1.85. The van der Waals surface area contributed by atoms with Crippen LogP contribution in [0.2, 0.25) is 0 Å². The van der Waals surface area contributed by atoms with Gasteiger partial charge in [0.1, 0.15) is 24.0 Å². The molecule has 1 aromatic carbocycles. The minimum absolute atomic E-state index is 0.0223. The smallest absolute Gasteiger partial charge is 0.256 e. The number of aromatic amines is 1. The van der Waals surface area contributed by atoms with Crippen molar-refractivity contribution in [3.05, 3.63) is 86.3 Å². The number of pyridine rings is 1. The SMILES string of the molecule is C=c1/c(=C\C=C/CF)[nH]c2c(C(=O)c3ccc(F)cc3F)ccc(=O)n12. The van der Waals surface area contributed by atoms with Crippen molar-refractivity contribution in [2.45, 2.75) is 0 Å². The van der Waals surface area contributed by atoms with E-state index in [4.69, 9.17) is 0 Å². The standard InChI is InChI=1S/C19H13F3N2O2/c1-11-16(4-2-3-9-20)23-19-14(7-8-17(25)24(11)19)18(26)13-6-5-12(21)10-15(13)22/h2-8,10,23H,1,9H2/b3-2-,16-4+. The molecule has 0 saturated carbocycles. The first-order valence-corrected chi connectivity index (χ1v) is 7.59. The summed E-state index contributed by atoms with van der Waals surface area (Å²) < 4.78 is 40.4. The quantitative estimate of drug-likeness (QED) is 0.724. The molecule has 2 aromatic heterocycles. The minimum Gasteiger partial charge on any atom is -0.339 e. The molecule has 0 unspecified atom stereocenters. The second-order valence-electron chi connectivity index (χ2n) is 5.46. The number of carbonyl (C=O) groups is 1. The third-order valence-electron chi connectivity index (χ3n) is 3.83. The summed E-state index contributed by atoms with van der Waals surface area (Å²) in [5.74, 6) is -2.52. The maximum Gasteiger partial charge on any atom is 0.256 e. The maximum absolute atomic E-state index is 14.0. The van der Waals surface area contributed by atoms with E-state index in [-0.39, 0.29) is 22.1 Å². The average molecular weight is 358 g/mol. The van der Waals surface area contributed by atoms with Crippen molar-refractivity contribution in [2.24, 2.45) is 0 Å². The lowest BCUT2D eigenvalue weighted by Gasteiger charge is -2.04. The average Bonchev–Trinajstić information content (AvgIpc) is 2.93. The van der Waals surface area contributed by atoms with Gasteiger partial charge >= 0.3 is 0 Å². The number of hydrogen-bond acceptors (Lipinski definition) is 2. The minimum atomic E-state index is -1.00. The molecule has 0 bridgehead atoms. The van der Waals surface area contributed by atoms with Crippen molar-refractivity contribution >= 4 is 24.1 Å². The largest absolute Gasteiger partial charge is 0.339 e. The summed E-state index contributed by atoms with van der Waals surface area (Å²) in [7, 11) is 0. The van der Waals surface area contributed by atoms with E-state index in [0.29, 0.717) is 11.4 Å². The maximum atomic E-state index is 14.0. The first kappa shape index (κ1) is 17.5. The fourth-order valence-electron chi connectivity index (χ4n) is 2.61. The highest BCUT2D eigenvalue weighted by Gasteiger charge is 2.19. The molecule has 0 aliphatic carbocycles. The molecule has 0 atom stereocenters. The van der Waals surface area contributed by atoms with Crippen LogP contribution in [0.5, 0.6) is 0 Å². The number of halogens is 3. The van der Waals surface area contributed by atoms with Crippen LogP contribution in [0.4, 0.5) is 13.2 Å². The van der Waals surface area contributed by atoms with Gasteiger partial charge in [-0.25, -0.2) is 13.2 Å². The lowest BCUT2D eigenvalue weighted by atomic mass is 10.0. The summed E-state index contributed by atoms with van der Waals surface area (Å²) in [6.07, 6.45) is 4.19. The number of fused-ring (bicyclic) bond motifs is 1. The van der Waals surface area contributed by atoms with E-state index in [1.54, 1.807) is 0 Å². The third kappa shape index (κ3) is 2.99. The van der Waals surface area contributed by atoms with Crippen molar-refractivity contribution in [1.82, 2.24) is 9.38 Å². The van der Waals surface area contributed by atoms with Gasteiger partial charge < -0.3 is 4.98 Å². The molecular weight excluding hydrogens is 345 g/mol. The van der Waals surface area contributed by atoms with E-state index >= 15 is 0 Å². The Morgan fingerprint density at radius 1 is 1.19 bits per heavy atom. The zero-order valence-electron chi connectivity index (χ0n) is 13.4. The third-order valence-corrected chi connectivity index (χ3v) is 3.83. The molecule has 0 amide bonds. The van der Waals surface area contributed by atoms with Crippen LogP contribution in [0.25, 0.3) is 18.3 Å². The Balaban J connectivity index is 2.26. The highest BCUT2D eigenvalue weighted by atomic mass is 19.1. The fourth-order valence-corrected chi connectivity index (χ4v) is 2.61. The topological polar surface area (TPSA) is 54.3 Å². The molecule has 26 heavy (non-hydrogen) atoms. The molecular formula is C19H13F3N2O2. The Hall–Kier alpha value is -3.35. The number of carbonyl (C=O) groups excluding carboxylic acids is 1. The summed E-state index contributed by atoms with van der Waals surface area (Å²) in [5, 5.41) is 0.661. The van der Waals surface area contributed by atoms with Crippen LogP contribution < -0.4 is 16.3 Å². The van der Waals surface area contributed by atoms with Gasteiger partial charge in [-0.2, -0.15) is 0 Å². The van der Waals surface area contributed by atoms with Gasteiger partial charge in [-0.3, -0.25) is 14.0 Å². The first-order valence-electron chi connectivity index (χ1n) is 7.59. The van der Waals surface area contributed by atoms with Crippen LogP contribution in [0, 0.1) is 11.6 Å². The molecule has 0 radical (unpaired) electrons. The number of nitrogens with zero attached hydrogens (tertiary/aromatic N) is 1. The molecule has 0 fully saturated rings. The number of ketones is 1. The van der Waals surface area contributed by atoms with Gasteiger partial charge in [0.15, 0.2) is 5.78 Å². The van der Waals surface area contributed by atoms with Crippen LogP contribution >= 0.6 is 0 Å². The first-order chi connectivity index (χ1) is 12.4. The van der Waals surface area contributed by atoms with E-state index in [2.05, 4.69) is 11.6 Å². The molecule has 0 spiro atoms. The van der Waals surface area contributed by atoms with Gasteiger partial charge in [0.05, 0.1) is 21.8 Å². The van der Waals surface area contributed by atoms with Crippen molar-refractivity contribution in [3.8, 4) is 0 Å². The predicted molar refractivity (Wildman–Crippen MR) is 92.2 cm³/mol. The van der Waals surface area contributed by atoms with Crippen molar-refractivity contribution in [3.63, 3.8) is 0 Å². The van der Waals surface area contributed by atoms with Crippen LogP contribution in [-0.2, 0) is 0 Å². The number of allylic oxidation sites excluding steroid dienone is 2. The van der Waals surface area contributed by atoms with Gasteiger partial charge in [-0.1, -0.05) is 18.7 Å². The molecule has 3 aromatic rings. The molecule has 0 aliphatic rings. The van der Waals surface area contributed by atoms with Gasteiger partial charge in [-0.15, -0.1) is 0 Å². The molecule has 3 rings (SSSR count). The Labute approximate surface area is 145 Å². The van der Waals surface area contributed by atoms with Crippen LogP contribution in [-0.4, -0.2) is 21.8 Å². The monoisotopic (exact) mass is 358 g/mol. The highest BCUT2D eigenvalue weighted by molar-refractivity contribution is 6.12. The highest BCUT2D eigenvalue weighted by Crippen LogP contribution is 2.16. The van der Waals surface area contributed by atoms with E-state index in [1.165, 1.54) is 28.7 Å². The number of rotatable bonds is 4. The number of imidazole rings is 1. The molecule has 7 heteroatoms. The summed E-state index contributed by atoms with van der Waals surface area (Å²) >= 11 is 0. The van der Waals surface area contributed by atoms with Crippen molar-refractivity contribution < 1.29 is 18.0 Å². The van der Waals surface area contributed by atoms with Gasteiger partial charge in [0.2, 0.25) is 0 Å². The number of hydrogen-bond donors (Lipinski definition) is 1. The summed E-state index contributed by atoms with van der Waals surface area (Å²) in [4.78, 5) is 27.7. The molecule has 132 valence electrons. The zero-order chi connectivity index (χ0) is 18.8. The second-order valence-corrected chi connectivity index (χ2v) is 5.46. The van der Waals surface area contributed by atoms with Crippen molar-refractivity contribution in [2.75, 3.05) is 6.67 Å². The number of aromatic nitrogens is 2. The Morgan fingerprint density at radius 2 is 1.92 bits per heavy atom. The molecule has 4 nitrogen and oxygen atoms in total. The van der Waals surface area contributed by atoms with Crippen LogP contribution in [0.3, 0.4) is 0 Å². The van der Waals surface area contributed by atoms with E-state index < -0.39 is 29.7 Å². The Bertz CT molecular complexity index is 1210. The molecule has 1 N–H and O–H groups in total. The lowest BCUT2D eigenvalue weighted by molar-refractivity contribution is 0.103. The molecule has 0 aliphatic heterocycles. The lowest BCUT2D eigenvalue weighted by Crippen LogP contribution is -2.31.